The van der Waals surface area contributed by atoms with Gasteiger partial charge in [0.1, 0.15) is 17.4 Å². The summed E-state index contributed by atoms with van der Waals surface area (Å²) in [6.45, 7) is 9.54. The van der Waals surface area contributed by atoms with Gasteiger partial charge in [-0.2, -0.15) is 0 Å². The second kappa shape index (κ2) is 8.68. The van der Waals surface area contributed by atoms with Gasteiger partial charge < -0.3 is 15.0 Å². The lowest BCUT2D eigenvalue weighted by atomic mass is 10.2. The smallest absolute Gasteiger partial charge is 0.317 e. The fourth-order valence-corrected chi connectivity index (χ4v) is 2.88. The van der Waals surface area contributed by atoms with E-state index >= 15 is 0 Å². The summed E-state index contributed by atoms with van der Waals surface area (Å²) in [7, 11) is 0. The number of hydrogen-bond donors (Lipinski definition) is 1. The summed E-state index contributed by atoms with van der Waals surface area (Å²) < 4.78 is 5.75. The first-order valence-electron chi connectivity index (χ1n) is 8.16. The van der Waals surface area contributed by atoms with E-state index in [0.29, 0.717) is 19.7 Å². The quantitative estimate of drug-likeness (QED) is 0.824. The lowest BCUT2D eigenvalue weighted by Gasteiger charge is -2.25. The maximum absolute atomic E-state index is 12.1. The first-order chi connectivity index (χ1) is 11.5. The van der Waals surface area contributed by atoms with E-state index < -0.39 is 0 Å². The Morgan fingerprint density at radius 3 is 2.67 bits per heavy atom. The zero-order valence-corrected chi connectivity index (χ0v) is 15.5. The van der Waals surface area contributed by atoms with Crippen LogP contribution in [0.5, 0.6) is 5.75 Å². The average Bonchev–Trinajstić information content (AvgIpc) is 2.99. The summed E-state index contributed by atoms with van der Waals surface area (Å²) in [4.78, 5) is 18.5. The van der Waals surface area contributed by atoms with E-state index in [1.54, 1.807) is 16.2 Å². The number of aromatic nitrogens is 1. The zero-order valence-electron chi connectivity index (χ0n) is 14.7. The average molecular weight is 347 g/mol. The van der Waals surface area contributed by atoms with Crippen LogP contribution in [0.25, 0.3) is 0 Å². The molecule has 1 aromatic heterocycles. The van der Waals surface area contributed by atoms with Crippen molar-refractivity contribution in [3.63, 3.8) is 0 Å². The van der Waals surface area contributed by atoms with Crippen molar-refractivity contribution in [2.24, 2.45) is 0 Å². The molecule has 0 aliphatic carbocycles. The van der Waals surface area contributed by atoms with Crippen LogP contribution in [0, 0.1) is 6.92 Å². The van der Waals surface area contributed by atoms with Crippen molar-refractivity contribution in [2.45, 2.75) is 46.9 Å². The van der Waals surface area contributed by atoms with E-state index in [0.717, 1.165) is 16.5 Å². The minimum absolute atomic E-state index is 0.0574. The molecule has 2 amide bonds. The Hall–Kier alpha value is -2.08. The molecule has 0 spiro atoms. The highest BCUT2D eigenvalue weighted by molar-refractivity contribution is 7.09. The third-order valence-electron chi connectivity index (χ3n) is 3.53. The molecule has 0 saturated heterocycles. The molecule has 24 heavy (non-hydrogen) atoms. The van der Waals surface area contributed by atoms with E-state index in [1.807, 2.05) is 57.3 Å². The van der Waals surface area contributed by atoms with Crippen molar-refractivity contribution in [1.29, 1.82) is 0 Å². The van der Waals surface area contributed by atoms with Gasteiger partial charge in [0.25, 0.3) is 0 Å². The summed E-state index contributed by atoms with van der Waals surface area (Å²) in [6.07, 6.45) is 0. The van der Waals surface area contributed by atoms with Gasteiger partial charge in [-0.05, 0) is 39.8 Å². The lowest BCUT2D eigenvalue weighted by molar-refractivity contribution is 0.179. The molecule has 1 N–H and O–H groups in total. The molecule has 0 radical (unpaired) electrons. The Morgan fingerprint density at radius 1 is 1.33 bits per heavy atom. The molecule has 0 aliphatic rings. The number of aryl methyl sites for hydroxylation is 1. The number of rotatable bonds is 7. The maximum Gasteiger partial charge on any atom is 0.317 e. The Bertz CT molecular complexity index is 653. The monoisotopic (exact) mass is 347 g/mol. The van der Waals surface area contributed by atoms with Crippen LogP contribution >= 0.6 is 11.3 Å². The number of carbonyl (C=O) groups excluding carboxylic acids is 1. The number of ether oxygens (including phenoxy) is 1. The second-order valence-corrected chi connectivity index (χ2v) is 6.83. The molecule has 0 fully saturated rings. The number of nitrogens with zero attached hydrogens (tertiary/aromatic N) is 2. The number of carbonyl (C=O) groups is 1. The van der Waals surface area contributed by atoms with Crippen molar-refractivity contribution in [2.75, 3.05) is 6.54 Å². The minimum atomic E-state index is -0.0574. The highest BCUT2D eigenvalue weighted by Crippen LogP contribution is 2.17. The normalized spacial score (nSPS) is 10.7. The predicted octanol–water partition coefficient (Wildman–Crippen LogP) is 3.97. The van der Waals surface area contributed by atoms with E-state index in [9.17, 15) is 4.79 Å². The number of urea groups is 1. The van der Waals surface area contributed by atoms with Crippen LogP contribution in [0.15, 0.2) is 29.6 Å². The molecule has 0 atom stereocenters. The number of amides is 2. The first-order valence-corrected chi connectivity index (χ1v) is 9.04. The predicted molar refractivity (Wildman–Crippen MR) is 97.4 cm³/mol. The van der Waals surface area contributed by atoms with Gasteiger partial charge in [-0.15, -0.1) is 11.3 Å². The van der Waals surface area contributed by atoms with Gasteiger partial charge in [-0.1, -0.05) is 17.7 Å². The number of hydrogen-bond acceptors (Lipinski definition) is 4. The molecule has 0 saturated carbocycles. The van der Waals surface area contributed by atoms with Crippen LogP contribution in [-0.2, 0) is 13.2 Å². The largest absolute Gasteiger partial charge is 0.486 e. The molecular weight excluding hydrogens is 322 g/mol. The molecule has 130 valence electrons. The fourth-order valence-electron chi connectivity index (χ4n) is 2.18. The van der Waals surface area contributed by atoms with Gasteiger partial charge in [0.2, 0.25) is 0 Å². The van der Waals surface area contributed by atoms with E-state index in [4.69, 9.17) is 4.74 Å². The summed E-state index contributed by atoms with van der Waals surface area (Å²) in [5, 5.41) is 5.74. The molecule has 5 nitrogen and oxygen atoms in total. The second-order valence-electron chi connectivity index (χ2n) is 5.89. The van der Waals surface area contributed by atoms with Crippen LogP contribution in [0.2, 0.25) is 0 Å². The van der Waals surface area contributed by atoms with E-state index in [2.05, 4.69) is 10.3 Å². The van der Waals surface area contributed by atoms with Gasteiger partial charge in [0, 0.05) is 18.0 Å². The molecular formula is C18H25N3O2S. The number of nitrogens with one attached hydrogen (secondary N) is 1. The summed E-state index contributed by atoms with van der Waals surface area (Å²) in [5.74, 6) is 0.837. The highest BCUT2D eigenvalue weighted by atomic mass is 32.1. The lowest BCUT2D eigenvalue weighted by Crippen LogP contribution is -2.43. The minimum Gasteiger partial charge on any atom is -0.486 e. The Labute approximate surface area is 147 Å². The maximum atomic E-state index is 12.1. The molecule has 0 bridgehead atoms. The Kier molecular flexibility index (Phi) is 6.61. The van der Waals surface area contributed by atoms with Crippen LogP contribution in [0.3, 0.4) is 0 Å². The number of benzene rings is 1. The van der Waals surface area contributed by atoms with Crippen molar-refractivity contribution >= 4 is 17.4 Å². The van der Waals surface area contributed by atoms with Gasteiger partial charge in [0.15, 0.2) is 0 Å². The third kappa shape index (κ3) is 5.23. The number of thiazole rings is 1. The van der Waals surface area contributed by atoms with E-state index in [1.165, 1.54) is 5.56 Å². The summed E-state index contributed by atoms with van der Waals surface area (Å²) >= 11 is 1.56. The van der Waals surface area contributed by atoms with Crippen molar-refractivity contribution in [3.8, 4) is 5.75 Å². The Balaban J connectivity index is 1.94. The third-order valence-corrected chi connectivity index (χ3v) is 4.40. The van der Waals surface area contributed by atoms with Crippen molar-refractivity contribution < 1.29 is 9.53 Å². The standard InChI is InChI=1S/C18H25N3O2S/c1-5-19-18(22)21(13(2)3)10-15-12-24-17(20-15)11-23-16-8-6-14(4)7-9-16/h6-9,12-13H,5,10-11H2,1-4H3,(H,19,22). The van der Waals surface area contributed by atoms with Crippen LogP contribution in [0.4, 0.5) is 4.79 Å². The molecule has 6 heteroatoms. The summed E-state index contributed by atoms with van der Waals surface area (Å²) in [6, 6.07) is 8.02. The van der Waals surface area contributed by atoms with E-state index in [-0.39, 0.29) is 12.1 Å². The molecule has 2 aromatic rings. The van der Waals surface area contributed by atoms with Gasteiger partial charge in [0.05, 0.1) is 12.2 Å². The Morgan fingerprint density at radius 2 is 2.04 bits per heavy atom. The highest BCUT2D eigenvalue weighted by Gasteiger charge is 2.18. The van der Waals surface area contributed by atoms with Gasteiger partial charge in [-0.3, -0.25) is 0 Å². The molecule has 0 unspecified atom stereocenters. The summed E-state index contributed by atoms with van der Waals surface area (Å²) in [5.41, 5.74) is 2.10. The van der Waals surface area contributed by atoms with Crippen LogP contribution < -0.4 is 10.1 Å². The molecule has 1 heterocycles. The van der Waals surface area contributed by atoms with Gasteiger partial charge in [-0.25, -0.2) is 9.78 Å². The SMILES string of the molecule is CCNC(=O)N(Cc1csc(COc2ccc(C)cc2)n1)C(C)C. The molecule has 0 aliphatic heterocycles. The van der Waals surface area contributed by atoms with Gasteiger partial charge >= 0.3 is 6.03 Å². The zero-order chi connectivity index (χ0) is 17.5. The van der Waals surface area contributed by atoms with Crippen molar-refractivity contribution in [3.05, 3.63) is 45.9 Å². The first kappa shape index (κ1) is 18.3. The molecule has 1 aromatic carbocycles. The topological polar surface area (TPSA) is 54.5 Å². The molecule has 2 rings (SSSR count). The van der Waals surface area contributed by atoms with Crippen LogP contribution in [0.1, 0.15) is 37.0 Å². The van der Waals surface area contributed by atoms with Crippen LogP contribution in [-0.4, -0.2) is 28.5 Å². The van der Waals surface area contributed by atoms with Crippen molar-refractivity contribution in [1.82, 2.24) is 15.2 Å². The fraction of sp³-hybridized carbons (Fsp3) is 0.444.